The van der Waals surface area contributed by atoms with E-state index in [0.717, 1.165) is 22.9 Å². The van der Waals surface area contributed by atoms with Gasteiger partial charge >= 0.3 is 0 Å². The van der Waals surface area contributed by atoms with Gasteiger partial charge in [0.2, 0.25) is 0 Å². The zero-order valence-electron chi connectivity index (χ0n) is 10.4. The third-order valence-corrected chi connectivity index (χ3v) is 4.12. The van der Waals surface area contributed by atoms with Crippen molar-refractivity contribution in [2.75, 3.05) is 5.75 Å². The first-order valence-corrected chi connectivity index (χ1v) is 7.05. The Morgan fingerprint density at radius 2 is 2.47 bits per heavy atom. The van der Waals surface area contributed by atoms with Crippen molar-refractivity contribution in [1.29, 1.82) is 0 Å². The van der Waals surface area contributed by atoms with Crippen LogP contribution in [0.25, 0.3) is 0 Å². The second-order valence-electron chi connectivity index (χ2n) is 4.62. The maximum absolute atomic E-state index is 4.63. The summed E-state index contributed by atoms with van der Waals surface area (Å²) in [5, 5.41) is 4.62. The van der Waals surface area contributed by atoms with Crippen molar-refractivity contribution in [3.05, 3.63) is 30.1 Å². The molecule has 0 amide bonds. The van der Waals surface area contributed by atoms with Crippen molar-refractivity contribution in [3.63, 3.8) is 0 Å². The number of nitrogens with zero attached hydrogens (tertiary/aromatic N) is 2. The van der Waals surface area contributed by atoms with Gasteiger partial charge in [0.15, 0.2) is 5.17 Å². The summed E-state index contributed by atoms with van der Waals surface area (Å²) in [6.07, 6.45) is 6.01. The highest BCUT2D eigenvalue weighted by atomic mass is 32.2. The van der Waals surface area contributed by atoms with E-state index in [1.165, 1.54) is 6.42 Å². The van der Waals surface area contributed by atoms with Crippen molar-refractivity contribution in [2.45, 2.75) is 38.8 Å². The number of aliphatic imine (C=N–C) groups is 1. The van der Waals surface area contributed by atoms with Crippen LogP contribution in [0, 0.1) is 0 Å². The van der Waals surface area contributed by atoms with Gasteiger partial charge in [0, 0.05) is 23.7 Å². The van der Waals surface area contributed by atoms with Gasteiger partial charge in [-0.1, -0.05) is 24.8 Å². The summed E-state index contributed by atoms with van der Waals surface area (Å²) in [5.41, 5.74) is 1.38. The quantitative estimate of drug-likeness (QED) is 0.895. The minimum Gasteiger partial charge on any atom is -0.360 e. The fourth-order valence-corrected chi connectivity index (χ4v) is 2.96. The second-order valence-corrected chi connectivity index (χ2v) is 5.70. The Kier molecular flexibility index (Phi) is 4.05. The van der Waals surface area contributed by atoms with Crippen LogP contribution in [0.3, 0.4) is 0 Å². The average Bonchev–Trinajstić information content (AvgIpc) is 2.38. The lowest BCUT2D eigenvalue weighted by Gasteiger charge is -2.35. The SMILES string of the molecule is CCC1(C)CCSC(=NCc2cccnc2)N1. The fraction of sp³-hybridized carbons (Fsp3) is 0.538. The summed E-state index contributed by atoms with van der Waals surface area (Å²) >= 11 is 1.82. The molecule has 0 spiro atoms. The molecule has 1 unspecified atom stereocenters. The number of aromatic nitrogens is 1. The van der Waals surface area contributed by atoms with Gasteiger partial charge in [0.1, 0.15) is 0 Å². The van der Waals surface area contributed by atoms with Crippen LogP contribution >= 0.6 is 11.8 Å². The third-order valence-electron chi connectivity index (χ3n) is 3.21. The molecule has 1 atom stereocenters. The Labute approximate surface area is 107 Å². The molecule has 1 aliphatic heterocycles. The van der Waals surface area contributed by atoms with Gasteiger partial charge in [0.25, 0.3) is 0 Å². The molecule has 0 aromatic carbocycles. The summed E-state index contributed by atoms with van der Waals surface area (Å²) in [4.78, 5) is 8.72. The predicted molar refractivity (Wildman–Crippen MR) is 74.3 cm³/mol. The van der Waals surface area contributed by atoms with Crippen molar-refractivity contribution >= 4 is 16.9 Å². The van der Waals surface area contributed by atoms with Crippen molar-refractivity contribution in [2.24, 2.45) is 4.99 Å². The van der Waals surface area contributed by atoms with Crippen LogP contribution in [0.15, 0.2) is 29.5 Å². The number of nitrogens with one attached hydrogen (secondary N) is 1. The summed E-state index contributed by atoms with van der Waals surface area (Å²) < 4.78 is 0. The number of hydrogen-bond acceptors (Lipinski definition) is 3. The molecule has 92 valence electrons. The van der Waals surface area contributed by atoms with Crippen LogP contribution in [0.2, 0.25) is 0 Å². The Balaban J connectivity index is 1.98. The summed E-state index contributed by atoms with van der Waals surface area (Å²) in [6.45, 7) is 5.21. The lowest BCUT2D eigenvalue weighted by Crippen LogP contribution is -2.48. The molecule has 1 saturated heterocycles. The van der Waals surface area contributed by atoms with Gasteiger partial charge in [-0.15, -0.1) is 0 Å². The molecule has 3 nitrogen and oxygen atoms in total. The Bertz CT molecular complexity index is 391. The van der Waals surface area contributed by atoms with Crippen LogP contribution in [-0.4, -0.2) is 21.4 Å². The minimum absolute atomic E-state index is 0.221. The number of pyridine rings is 1. The molecular formula is C13H19N3S. The molecule has 4 heteroatoms. The van der Waals surface area contributed by atoms with Gasteiger partial charge in [-0.05, 0) is 31.4 Å². The predicted octanol–water partition coefficient (Wildman–Crippen LogP) is 2.83. The van der Waals surface area contributed by atoms with E-state index in [4.69, 9.17) is 0 Å². The normalized spacial score (nSPS) is 26.8. The van der Waals surface area contributed by atoms with Crippen LogP contribution in [-0.2, 0) is 6.54 Å². The Morgan fingerprint density at radius 1 is 1.59 bits per heavy atom. The van der Waals surface area contributed by atoms with Gasteiger partial charge in [-0.2, -0.15) is 0 Å². The van der Waals surface area contributed by atoms with E-state index in [1.807, 2.05) is 24.0 Å². The largest absolute Gasteiger partial charge is 0.360 e. The molecule has 0 aliphatic carbocycles. The average molecular weight is 249 g/mol. The zero-order chi connectivity index (χ0) is 12.1. The fourth-order valence-electron chi connectivity index (χ4n) is 1.73. The highest BCUT2D eigenvalue weighted by Crippen LogP contribution is 2.24. The number of thioether (sulfide) groups is 1. The van der Waals surface area contributed by atoms with E-state index in [0.29, 0.717) is 6.54 Å². The minimum atomic E-state index is 0.221. The molecule has 1 N–H and O–H groups in total. The molecule has 0 radical (unpaired) electrons. The molecule has 1 fully saturated rings. The molecule has 0 saturated carbocycles. The first-order chi connectivity index (χ1) is 8.22. The highest BCUT2D eigenvalue weighted by molar-refractivity contribution is 8.13. The first-order valence-electron chi connectivity index (χ1n) is 6.06. The van der Waals surface area contributed by atoms with Crippen LogP contribution < -0.4 is 5.32 Å². The molecule has 17 heavy (non-hydrogen) atoms. The number of hydrogen-bond donors (Lipinski definition) is 1. The maximum atomic E-state index is 4.63. The van der Waals surface area contributed by atoms with Gasteiger partial charge < -0.3 is 5.32 Å². The number of amidine groups is 1. The van der Waals surface area contributed by atoms with Crippen LogP contribution in [0.5, 0.6) is 0 Å². The number of rotatable bonds is 3. The Hall–Kier alpha value is -1.03. The van der Waals surface area contributed by atoms with Crippen molar-refractivity contribution in [3.8, 4) is 0 Å². The monoisotopic (exact) mass is 249 g/mol. The van der Waals surface area contributed by atoms with E-state index < -0.39 is 0 Å². The van der Waals surface area contributed by atoms with Crippen molar-refractivity contribution < 1.29 is 0 Å². The van der Waals surface area contributed by atoms with Gasteiger partial charge in [0.05, 0.1) is 6.54 Å². The van der Waals surface area contributed by atoms with E-state index in [2.05, 4.69) is 35.2 Å². The lowest BCUT2D eigenvalue weighted by atomic mass is 9.96. The molecule has 2 heterocycles. The third kappa shape index (κ3) is 3.46. The summed E-state index contributed by atoms with van der Waals surface area (Å²) in [6, 6.07) is 4.01. The molecular weight excluding hydrogens is 230 g/mol. The van der Waals surface area contributed by atoms with E-state index >= 15 is 0 Å². The summed E-state index contributed by atoms with van der Waals surface area (Å²) in [7, 11) is 0. The summed E-state index contributed by atoms with van der Waals surface area (Å²) in [5.74, 6) is 1.16. The van der Waals surface area contributed by atoms with Crippen LogP contribution in [0.4, 0.5) is 0 Å². The molecule has 0 bridgehead atoms. The van der Waals surface area contributed by atoms with Gasteiger partial charge in [-0.3, -0.25) is 9.98 Å². The topological polar surface area (TPSA) is 37.3 Å². The van der Waals surface area contributed by atoms with Gasteiger partial charge in [-0.25, -0.2) is 0 Å². The van der Waals surface area contributed by atoms with Crippen molar-refractivity contribution in [1.82, 2.24) is 10.3 Å². The van der Waals surface area contributed by atoms with E-state index in [-0.39, 0.29) is 5.54 Å². The lowest BCUT2D eigenvalue weighted by molar-refractivity contribution is 0.390. The van der Waals surface area contributed by atoms with Crippen LogP contribution in [0.1, 0.15) is 32.3 Å². The zero-order valence-corrected chi connectivity index (χ0v) is 11.3. The molecule has 1 aromatic rings. The smallest absolute Gasteiger partial charge is 0.157 e. The molecule has 1 aromatic heterocycles. The first kappa shape index (κ1) is 12.4. The van der Waals surface area contributed by atoms with E-state index in [1.54, 1.807) is 6.20 Å². The highest BCUT2D eigenvalue weighted by Gasteiger charge is 2.27. The second kappa shape index (κ2) is 5.54. The maximum Gasteiger partial charge on any atom is 0.157 e. The molecule has 2 rings (SSSR count). The Morgan fingerprint density at radius 3 is 3.18 bits per heavy atom. The standard InChI is InChI=1S/C13H19N3S/c1-3-13(2)6-8-17-12(16-13)15-10-11-5-4-7-14-9-11/h4-5,7,9H,3,6,8,10H2,1-2H3,(H,15,16). The molecule has 1 aliphatic rings. The van der Waals surface area contributed by atoms with E-state index in [9.17, 15) is 0 Å².